The molecule has 1 atom stereocenters. The lowest BCUT2D eigenvalue weighted by Gasteiger charge is -2.39. The second-order valence-electron chi connectivity index (χ2n) is 6.16. The summed E-state index contributed by atoms with van der Waals surface area (Å²) in [6, 6.07) is -0.0457. The number of aliphatic carboxylic acids is 1. The number of ether oxygens (including phenoxy) is 1. The van der Waals surface area contributed by atoms with Gasteiger partial charge in [-0.15, -0.1) is 0 Å². The number of piperazine rings is 1. The summed E-state index contributed by atoms with van der Waals surface area (Å²) in [5, 5.41) is 8.99. The molecule has 3 aliphatic rings. The van der Waals surface area contributed by atoms with Crippen LogP contribution in [0.1, 0.15) is 12.8 Å². The molecule has 3 fully saturated rings. The number of nitrogens with zero attached hydrogens (tertiary/aromatic N) is 3. The van der Waals surface area contributed by atoms with E-state index < -0.39 is 12.1 Å². The molecular weight excluding hydrogens is 274 g/mol. The van der Waals surface area contributed by atoms with Crippen molar-refractivity contribution < 1.29 is 19.4 Å². The summed E-state index contributed by atoms with van der Waals surface area (Å²) in [6.07, 6.45) is 1.81. The number of morpholine rings is 1. The second kappa shape index (κ2) is 6.19. The lowest BCUT2D eigenvalue weighted by atomic mass is 10.2. The van der Waals surface area contributed by atoms with Crippen molar-refractivity contribution in [3.05, 3.63) is 0 Å². The first-order valence-corrected chi connectivity index (χ1v) is 7.74. The second-order valence-corrected chi connectivity index (χ2v) is 6.16. The van der Waals surface area contributed by atoms with Gasteiger partial charge in [-0.3, -0.25) is 4.90 Å². The fraction of sp³-hybridized carbons (Fsp3) is 0.857. The Kier molecular flexibility index (Phi) is 4.30. The Morgan fingerprint density at radius 1 is 1.05 bits per heavy atom. The number of carboxylic acids is 1. The zero-order valence-electron chi connectivity index (χ0n) is 12.2. The molecule has 0 aromatic heterocycles. The first kappa shape index (κ1) is 14.6. The van der Waals surface area contributed by atoms with Gasteiger partial charge in [0.1, 0.15) is 0 Å². The number of rotatable bonds is 3. The molecule has 21 heavy (non-hydrogen) atoms. The predicted octanol–water partition coefficient (Wildman–Crippen LogP) is -0.0806. The zero-order chi connectivity index (χ0) is 14.8. The van der Waals surface area contributed by atoms with Crippen LogP contribution in [-0.2, 0) is 9.53 Å². The molecule has 1 N–H and O–H groups in total. The third kappa shape index (κ3) is 3.65. The summed E-state index contributed by atoms with van der Waals surface area (Å²) in [4.78, 5) is 29.3. The maximum Gasteiger partial charge on any atom is 0.334 e. The van der Waals surface area contributed by atoms with Gasteiger partial charge in [-0.1, -0.05) is 0 Å². The minimum absolute atomic E-state index is 0.0457. The molecule has 118 valence electrons. The van der Waals surface area contributed by atoms with Gasteiger partial charge in [0.05, 0.1) is 13.2 Å². The molecule has 2 amide bonds. The number of urea groups is 1. The highest BCUT2D eigenvalue weighted by molar-refractivity contribution is 5.77. The van der Waals surface area contributed by atoms with E-state index >= 15 is 0 Å². The maximum absolute atomic E-state index is 12.4. The number of hydrogen-bond acceptors (Lipinski definition) is 4. The Labute approximate surface area is 124 Å². The number of carbonyl (C=O) groups is 2. The van der Waals surface area contributed by atoms with E-state index in [1.54, 1.807) is 4.90 Å². The Balaban J connectivity index is 1.47. The highest BCUT2D eigenvalue weighted by Gasteiger charge is 2.33. The van der Waals surface area contributed by atoms with Gasteiger partial charge in [0.25, 0.3) is 0 Å². The van der Waals surface area contributed by atoms with Crippen LogP contribution in [0, 0.1) is 5.92 Å². The molecule has 3 rings (SSSR count). The number of carboxylic acid groups (broad SMARTS) is 1. The van der Waals surface area contributed by atoms with Gasteiger partial charge in [0.2, 0.25) is 0 Å². The van der Waals surface area contributed by atoms with Crippen LogP contribution in [0.3, 0.4) is 0 Å². The van der Waals surface area contributed by atoms with E-state index in [0.717, 1.165) is 32.1 Å². The van der Waals surface area contributed by atoms with Gasteiger partial charge < -0.3 is 19.6 Å². The summed E-state index contributed by atoms with van der Waals surface area (Å²) in [5.74, 6) is -0.121. The van der Waals surface area contributed by atoms with Crippen molar-refractivity contribution in [3.8, 4) is 0 Å². The Hall–Kier alpha value is -1.34. The molecule has 0 radical (unpaired) electrons. The lowest BCUT2D eigenvalue weighted by Crippen LogP contribution is -2.57. The molecule has 1 aliphatic carbocycles. The third-order valence-corrected chi connectivity index (χ3v) is 4.47. The Bertz CT molecular complexity index is 405. The normalized spacial score (nSPS) is 27.7. The minimum Gasteiger partial charge on any atom is -0.479 e. The monoisotopic (exact) mass is 297 g/mol. The molecule has 1 saturated carbocycles. The van der Waals surface area contributed by atoms with Crippen LogP contribution in [0.5, 0.6) is 0 Å². The molecule has 7 nitrogen and oxygen atoms in total. The average molecular weight is 297 g/mol. The van der Waals surface area contributed by atoms with Gasteiger partial charge in [-0.2, -0.15) is 0 Å². The minimum atomic E-state index is -0.998. The van der Waals surface area contributed by atoms with E-state index in [9.17, 15) is 9.59 Å². The topological polar surface area (TPSA) is 73.3 Å². The third-order valence-electron chi connectivity index (χ3n) is 4.47. The fourth-order valence-corrected chi connectivity index (χ4v) is 2.96. The van der Waals surface area contributed by atoms with Crippen LogP contribution in [-0.4, -0.2) is 90.3 Å². The van der Waals surface area contributed by atoms with Crippen LogP contribution < -0.4 is 0 Å². The van der Waals surface area contributed by atoms with Crippen molar-refractivity contribution in [2.45, 2.75) is 18.9 Å². The summed E-state index contributed by atoms with van der Waals surface area (Å²) in [7, 11) is 0. The molecule has 2 aliphatic heterocycles. The highest BCUT2D eigenvalue weighted by Crippen LogP contribution is 2.29. The van der Waals surface area contributed by atoms with Gasteiger partial charge >= 0.3 is 12.0 Å². The fourth-order valence-electron chi connectivity index (χ4n) is 2.96. The van der Waals surface area contributed by atoms with Crippen LogP contribution in [0.25, 0.3) is 0 Å². The van der Waals surface area contributed by atoms with Crippen LogP contribution in [0.4, 0.5) is 4.79 Å². The average Bonchev–Trinajstić information content (AvgIpc) is 3.31. The number of hydrogen-bond donors (Lipinski definition) is 1. The Morgan fingerprint density at radius 2 is 1.76 bits per heavy atom. The van der Waals surface area contributed by atoms with Gasteiger partial charge in [0, 0.05) is 39.3 Å². The van der Waals surface area contributed by atoms with Crippen LogP contribution in [0.15, 0.2) is 0 Å². The number of amides is 2. The van der Waals surface area contributed by atoms with E-state index in [0.29, 0.717) is 13.2 Å². The molecule has 0 aromatic rings. The summed E-state index contributed by atoms with van der Waals surface area (Å²) in [6.45, 7) is 5.41. The molecule has 0 spiro atoms. The molecule has 0 bridgehead atoms. The van der Waals surface area contributed by atoms with Gasteiger partial charge in [-0.05, 0) is 18.8 Å². The standard InChI is InChI=1S/C14H23N3O4/c18-13(19)12-10-17(7-8-21-12)14(20)16-5-3-15(4-6-16)9-11-1-2-11/h11-12H,1-10H2,(H,18,19). The lowest BCUT2D eigenvalue weighted by molar-refractivity contribution is -0.154. The summed E-state index contributed by atoms with van der Waals surface area (Å²) >= 11 is 0. The van der Waals surface area contributed by atoms with Gasteiger partial charge in [0.15, 0.2) is 6.10 Å². The van der Waals surface area contributed by atoms with E-state index in [1.807, 2.05) is 4.90 Å². The Morgan fingerprint density at radius 3 is 2.38 bits per heavy atom. The van der Waals surface area contributed by atoms with Crippen molar-refractivity contribution >= 4 is 12.0 Å². The van der Waals surface area contributed by atoms with E-state index in [-0.39, 0.29) is 12.6 Å². The number of carbonyl (C=O) groups excluding carboxylic acids is 1. The molecule has 2 heterocycles. The molecule has 7 heteroatoms. The molecular formula is C14H23N3O4. The van der Waals surface area contributed by atoms with E-state index in [4.69, 9.17) is 9.84 Å². The highest BCUT2D eigenvalue weighted by atomic mass is 16.5. The molecule has 0 aromatic carbocycles. The predicted molar refractivity (Wildman–Crippen MR) is 75.1 cm³/mol. The molecule has 1 unspecified atom stereocenters. The van der Waals surface area contributed by atoms with Crippen molar-refractivity contribution in [2.75, 3.05) is 52.4 Å². The summed E-state index contributed by atoms with van der Waals surface area (Å²) in [5.41, 5.74) is 0. The first-order valence-electron chi connectivity index (χ1n) is 7.74. The van der Waals surface area contributed by atoms with Gasteiger partial charge in [-0.25, -0.2) is 9.59 Å². The van der Waals surface area contributed by atoms with Crippen molar-refractivity contribution in [1.82, 2.24) is 14.7 Å². The summed E-state index contributed by atoms with van der Waals surface area (Å²) < 4.78 is 5.15. The van der Waals surface area contributed by atoms with Crippen LogP contribution in [0.2, 0.25) is 0 Å². The largest absolute Gasteiger partial charge is 0.479 e. The first-order chi connectivity index (χ1) is 10.1. The SMILES string of the molecule is O=C(O)C1CN(C(=O)N2CCN(CC3CC3)CC2)CCO1. The van der Waals surface area contributed by atoms with E-state index in [2.05, 4.69) is 4.90 Å². The van der Waals surface area contributed by atoms with Crippen molar-refractivity contribution in [2.24, 2.45) is 5.92 Å². The quantitative estimate of drug-likeness (QED) is 0.789. The van der Waals surface area contributed by atoms with Crippen LogP contribution >= 0.6 is 0 Å². The van der Waals surface area contributed by atoms with Crippen molar-refractivity contribution in [3.63, 3.8) is 0 Å². The van der Waals surface area contributed by atoms with E-state index in [1.165, 1.54) is 19.4 Å². The maximum atomic E-state index is 12.4. The molecule has 2 saturated heterocycles. The smallest absolute Gasteiger partial charge is 0.334 e. The van der Waals surface area contributed by atoms with Crippen molar-refractivity contribution in [1.29, 1.82) is 0 Å². The zero-order valence-corrected chi connectivity index (χ0v) is 12.2.